The Bertz CT molecular complexity index is 1070. The first-order valence-corrected chi connectivity index (χ1v) is 10.5. The van der Waals surface area contributed by atoms with Crippen LogP contribution in [0.3, 0.4) is 0 Å². The summed E-state index contributed by atoms with van der Waals surface area (Å²) >= 11 is 4.69. The molecule has 0 aromatic heterocycles. The van der Waals surface area contributed by atoms with Gasteiger partial charge in [0.25, 0.3) is 5.91 Å². The molecule has 3 aromatic carbocycles. The van der Waals surface area contributed by atoms with E-state index in [4.69, 9.17) is 0 Å². The zero-order chi connectivity index (χ0) is 20.1. The molecule has 0 spiro atoms. The number of amidine groups is 1. The van der Waals surface area contributed by atoms with Crippen LogP contribution in [-0.2, 0) is 4.79 Å². The van der Waals surface area contributed by atoms with Gasteiger partial charge in [0.1, 0.15) is 5.71 Å². The molecule has 1 saturated heterocycles. The molecule has 6 heteroatoms. The van der Waals surface area contributed by atoms with E-state index in [0.717, 1.165) is 26.9 Å². The lowest BCUT2D eigenvalue weighted by Crippen LogP contribution is -2.19. The Morgan fingerprint density at radius 1 is 0.862 bits per heavy atom. The van der Waals surface area contributed by atoms with E-state index in [9.17, 15) is 4.79 Å². The summed E-state index contributed by atoms with van der Waals surface area (Å²) in [6, 6.07) is 27.5. The number of amides is 1. The molecular formula is C23H16BrN3OS. The minimum Gasteiger partial charge on any atom is -0.299 e. The summed E-state index contributed by atoms with van der Waals surface area (Å²) in [6.07, 6.45) is 1.84. The van der Waals surface area contributed by atoms with Crippen LogP contribution >= 0.6 is 27.7 Å². The van der Waals surface area contributed by atoms with Gasteiger partial charge >= 0.3 is 0 Å². The summed E-state index contributed by atoms with van der Waals surface area (Å²) in [4.78, 5) is 12.9. The molecule has 4 rings (SSSR count). The molecule has 4 nitrogen and oxygen atoms in total. The van der Waals surface area contributed by atoms with Crippen LogP contribution in [0.4, 0.5) is 0 Å². The normalized spacial score (nSPS) is 16.1. The third-order valence-electron chi connectivity index (χ3n) is 4.15. The van der Waals surface area contributed by atoms with E-state index < -0.39 is 0 Å². The molecule has 1 aliphatic rings. The summed E-state index contributed by atoms with van der Waals surface area (Å²) < 4.78 is 0.995. The summed E-state index contributed by atoms with van der Waals surface area (Å²) in [6.45, 7) is 0. The van der Waals surface area contributed by atoms with Crippen LogP contribution in [0.1, 0.15) is 16.7 Å². The van der Waals surface area contributed by atoms with Crippen LogP contribution in [-0.4, -0.2) is 16.8 Å². The van der Waals surface area contributed by atoms with E-state index >= 15 is 0 Å². The number of rotatable bonds is 4. The fourth-order valence-corrected chi connectivity index (χ4v) is 3.79. The Balaban J connectivity index is 1.63. The smallest absolute Gasteiger partial charge is 0.264 e. The Morgan fingerprint density at radius 2 is 1.45 bits per heavy atom. The highest BCUT2D eigenvalue weighted by Crippen LogP contribution is 2.26. The van der Waals surface area contributed by atoms with Crippen molar-refractivity contribution in [3.05, 3.63) is 111 Å². The summed E-state index contributed by atoms with van der Waals surface area (Å²) in [5, 5.41) is 12.0. The van der Waals surface area contributed by atoms with Crippen LogP contribution in [0.15, 0.2) is 105 Å². The minimum atomic E-state index is -0.173. The molecule has 1 aliphatic heterocycles. The Morgan fingerprint density at radius 3 is 2.03 bits per heavy atom. The van der Waals surface area contributed by atoms with Crippen molar-refractivity contribution >= 4 is 50.6 Å². The second kappa shape index (κ2) is 9.03. The van der Waals surface area contributed by atoms with Crippen LogP contribution in [0, 0.1) is 0 Å². The van der Waals surface area contributed by atoms with Crippen LogP contribution in [0.5, 0.6) is 0 Å². The number of carbonyl (C=O) groups excluding carboxylic acids is 1. The maximum absolute atomic E-state index is 12.3. The highest BCUT2D eigenvalue weighted by molar-refractivity contribution is 9.10. The van der Waals surface area contributed by atoms with Crippen LogP contribution in [0.25, 0.3) is 6.08 Å². The minimum absolute atomic E-state index is 0.173. The van der Waals surface area contributed by atoms with Crippen molar-refractivity contribution in [2.75, 3.05) is 0 Å². The molecule has 0 atom stereocenters. The van der Waals surface area contributed by atoms with Crippen molar-refractivity contribution in [3.63, 3.8) is 0 Å². The lowest BCUT2D eigenvalue weighted by Gasteiger charge is -2.05. The van der Waals surface area contributed by atoms with Crippen molar-refractivity contribution in [1.29, 1.82) is 0 Å². The average Bonchev–Trinajstić information content (AvgIpc) is 3.10. The first kappa shape index (κ1) is 19.4. The van der Waals surface area contributed by atoms with Gasteiger partial charge in [0.05, 0.1) is 4.91 Å². The molecule has 1 N–H and O–H groups in total. The van der Waals surface area contributed by atoms with E-state index in [2.05, 4.69) is 31.4 Å². The second-order valence-electron chi connectivity index (χ2n) is 6.20. The third-order valence-corrected chi connectivity index (χ3v) is 5.58. The van der Waals surface area contributed by atoms with Crippen molar-refractivity contribution in [3.8, 4) is 0 Å². The predicted octanol–water partition coefficient (Wildman–Crippen LogP) is 5.46. The number of hydrogen-bond donors (Lipinski definition) is 1. The Kier molecular flexibility index (Phi) is 6.03. The van der Waals surface area contributed by atoms with Crippen LogP contribution in [0.2, 0.25) is 0 Å². The molecule has 142 valence electrons. The van der Waals surface area contributed by atoms with E-state index in [0.29, 0.717) is 10.1 Å². The van der Waals surface area contributed by atoms with E-state index in [1.165, 1.54) is 11.8 Å². The van der Waals surface area contributed by atoms with E-state index in [1.807, 2.05) is 91.0 Å². The SMILES string of the molecule is O=C1N/C(=N/N=C(c2ccccc2)c2ccccc2)S/C1=C\c1ccc(Br)cc1. The molecule has 29 heavy (non-hydrogen) atoms. The highest BCUT2D eigenvalue weighted by atomic mass is 79.9. The largest absolute Gasteiger partial charge is 0.299 e. The van der Waals surface area contributed by atoms with Gasteiger partial charge in [-0.15, -0.1) is 10.2 Å². The monoisotopic (exact) mass is 461 g/mol. The van der Waals surface area contributed by atoms with Gasteiger partial charge < -0.3 is 0 Å². The predicted molar refractivity (Wildman–Crippen MR) is 124 cm³/mol. The zero-order valence-electron chi connectivity index (χ0n) is 15.2. The van der Waals surface area contributed by atoms with Gasteiger partial charge in [0.2, 0.25) is 0 Å². The quantitative estimate of drug-likeness (QED) is 0.318. The number of carbonyl (C=O) groups is 1. The van der Waals surface area contributed by atoms with Gasteiger partial charge in [-0.2, -0.15) is 0 Å². The lowest BCUT2D eigenvalue weighted by molar-refractivity contribution is -0.115. The van der Waals surface area contributed by atoms with Crippen LogP contribution < -0.4 is 5.32 Å². The fraction of sp³-hybridized carbons (Fsp3) is 0. The second-order valence-corrected chi connectivity index (χ2v) is 8.15. The first-order valence-electron chi connectivity index (χ1n) is 8.92. The van der Waals surface area contributed by atoms with Crippen molar-refractivity contribution in [2.45, 2.75) is 0 Å². The van der Waals surface area contributed by atoms with Gasteiger partial charge in [-0.1, -0.05) is 88.7 Å². The third kappa shape index (κ3) is 4.91. The molecule has 1 fully saturated rings. The summed E-state index contributed by atoms with van der Waals surface area (Å²) in [7, 11) is 0. The van der Waals surface area contributed by atoms with Crippen molar-refractivity contribution in [1.82, 2.24) is 5.32 Å². The zero-order valence-corrected chi connectivity index (χ0v) is 17.7. The molecule has 0 aliphatic carbocycles. The molecular weight excluding hydrogens is 446 g/mol. The van der Waals surface area contributed by atoms with Crippen molar-refractivity contribution < 1.29 is 4.79 Å². The maximum atomic E-state index is 12.3. The fourth-order valence-electron chi connectivity index (χ4n) is 2.76. The van der Waals surface area contributed by atoms with E-state index in [-0.39, 0.29) is 5.91 Å². The van der Waals surface area contributed by atoms with Gasteiger partial charge in [-0.25, -0.2) is 0 Å². The first-order chi connectivity index (χ1) is 14.2. The van der Waals surface area contributed by atoms with Crippen molar-refractivity contribution in [2.24, 2.45) is 10.2 Å². The van der Waals surface area contributed by atoms with Gasteiger partial charge in [-0.05, 0) is 35.5 Å². The van der Waals surface area contributed by atoms with Gasteiger partial charge in [0.15, 0.2) is 5.17 Å². The summed E-state index contributed by atoms with van der Waals surface area (Å²) in [5.74, 6) is -0.173. The standard InChI is InChI=1S/C23H16BrN3OS/c24-19-13-11-16(12-14-19)15-20-22(28)25-23(29-20)27-26-21(17-7-3-1-4-8-17)18-9-5-2-6-10-18/h1-15H,(H,25,27,28)/b20-15-. The number of benzene rings is 3. The van der Waals surface area contributed by atoms with Gasteiger partial charge in [0, 0.05) is 15.6 Å². The summed E-state index contributed by atoms with van der Waals surface area (Å²) in [5.41, 5.74) is 3.62. The molecule has 1 amide bonds. The topological polar surface area (TPSA) is 53.8 Å². The number of nitrogens with zero attached hydrogens (tertiary/aromatic N) is 2. The molecule has 0 bridgehead atoms. The van der Waals surface area contributed by atoms with E-state index in [1.54, 1.807) is 0 Å². The number of halogens is 1. The molecule has 0 unspecified atom stereocenters. The number of thioether (sulfide) groups is 1. The molecule has 0 radical (unpaired) electrons. The molecule has 0 saturated carbocycles. The number of hydrogen-bond acceptors (Lipinski definition) is 4. The maximum Gasteiger partial charge on any atom is 0.264 e. The molecule has 1 heterocycles. The molecule has 3 aromatic rings. The Labute approximate surface area is 181 Å². The number of nitrogens with one attached hydrogen (secondary N) is 1. The highest BCUT2D eigenvalue weighted by Gasteiger charge is 2.24. The average molecular weight is 462 g/mol. The Hall–Kier alpha value is -2.96. The lowest BCUT2D eigenvalue weighted by atomic mass is 10.0. The van der Waals surface area contributed by atoms with Gasteiger partial charge in [-0.3, -0.25) is 10.1 Å².